The number of aromatic nitrogens is 5. The van der Waals surface area contributed by atoms with E-state index in [1.54, 1.807) is 0 Å². The van der Waals surface area contributed by atoms with Crippen molar-refractivity contribution in [3.05, 3.63) is 65.0 Å². The van der Waals surface area contributed by atoms with E-state index in [9.17, 15) is 22.8 Å². The molecule has 0 atom stereocenters. The zero-order chi connectivity index (χ0) is 20.1. The average Bonchev–Trinajstić information content (AvgIpc) is 3.17. The Kier molecular flexibility index (Phi) is 5.38. The highest BCUT2D eigenvalue weighted by molar-refractivity contribution is 5.90. The van der Waals surface area contributed by atoms with Gasteiger partial charge in [0.1, 0.15) is 12.7 Å². The van der Waals surface area contributed by atoms with Crippen LogP contribution in [-0.2, 0) is 12.7 Å². The quantitative estimate of drug-likeness (QED) is 0.686. The lowest BCUT2D eigenvalue weighted by molar-refractivity contribution is -0.136. The maximum absolute atomic E-state index is 12.9. The summed E-state index contributed by atoms with van der Waals surface area (Å²) in [5.74, 6) is 0.348. The second-order valence-electron chi connectivity index (χ2n) is 5.52. The van der Waals surface area contributed by atoms with Crippen molar-refractivity contribution >= 4 is 11.7 Å². The molecular weight excluding hydrogens is 379 g/mol. The molecule has 2 N–H and O–H groups in total. The molecule has 2 heterocycles. The molecule has 0 bridgehead atoms. The Morgan fingerprint density at radius 1 is 1.14 bits per heavy atom. The number of carbonyl (C=O) groups is 1. The van der Waals surface area contributed by atoms with E-state index in [0.717, 1.165) is 16.8 Å². The summed E-state index contributed by atoms with van der Waals surface area (Å²) in [6, 6.07) is 6.53. The lowest BCUT2D eigenvalue weighted by Crippen LogP contribution is -2.35. The molecule has 2 amide bonds. The zero-order valence-corrected chi connectivity index (χ0v) is 14.2. The van der Waals surface area contributed by atoms with Crippen molar-refractivity contribution in [2.24, 2.45) is 0 Å². The van der Waals surface area contributed by atoms with Crippen molar-refractivity contribution in [2.75, 3.05) is 11.9 Å². The van der Waals surface area contributed by atoms with Gasteiger partial charge in [-0.05, 0) is 18.2 Å². The van der Waals surface area contributed by atoms with Crippen LogP contribution in [0.15, 0.2) is 53.8 Å². The van der Waals surface area contributed by atoms with Crippen LogP contribution in [0.5, 0.6) is 0 Å². The van der Waals surface area contributed by atoms with Gasteiger partial charge in [0, 0.05) is 12.6 Å². The Hall–Kier alpha value is -3.70. The van der Waals surface area contributed by atoms with Crippen LogP contribution in [0.4, 0.5) is 23.7 Å². The molecule has 3 rings (SSSR count). The van der Waals surface area contributed by atoms with Gasteiger partial charge in [0.25, 0.3) is 5.56 Å². The van der Waals surface area contributed by atoms with Crippen LogP contribution >= 0.6 is 0 Å². The van der Waals surface area contributed by atoms with Gasteiger partial charge in [0.2, 0.25) is 0 Å². The molecule has 0 aliphatic carbocycles. The van der Waals surface area contributed by atoms with Crippen LogP contribution in [-0.4, -0.2) is 37.1 Å². The van der Waals surface area contributed by atoms with E-state index >= 15 is 0 Å². The number of nitrogens with zero attached hydrogens (tertiary/aromatic N) is 5. The van der Waals surface area contributed by atoms with E-state index < -0.39 is 23.3 Å². The smallest absolute Gasteiger partial charge is 0.336 e. The van der Waals surface area contributed by atoms with Crippen molar-refractivity contribution < 1.29 is 18.0 Å². The topological polar surface area (TPSA) is 107 Å². The number of rotatable bonds is 5. The van der Waals surface area contributed by atoms with Crippen molar-refractivity contribution in [3.63, 3.8) is 0 Å². The van der Waals surface area contributed by atoms with Crippen molar-refractivity contribution in [2.45, 2.75) is 12.7 Å². The number of hydrogen-bond donors (Lipinski definition) is 2. The van der Waals surface area contributed by atoms with Crippen molar-refractivity contribution in [1.82, 2.24) is 29.9 Å². The first-order chi connectivity index (χ1) is 13.3. The Balaban J connectivity index is 1.61. The van der Waals surface area contributed by atoms with E-state index in [-0.39, 0.29) is 18.8 Å². The average molecular weight is 393 g/mol. The van der Waals surface area contributed by atoms with Crippen molar-refractivity contribution in [1.29, 1.82) is 0 Å². The van der Waals surface area contributed by atoms with Gasteiger partial charge >= 0.3 is 12.2 Å². The molecular formula is C16H14F3N7O2. The predicted octanol–water partition coefficient (Wildman–Crippen LogP) is 1.66. The molecule has 12 heteroatoms. The third-order valence-electron chi connectivity index (χ3n) is 3.60. The van der Waals surface area contributed by atoms with Gasteiger partial charge in [0.05, 0.1) is 17.8 Å². The number of anilines is 1. The Morgan fingerprint density at radius 3 is 2.64 bits per heavy atom. The van der Waals surface area contributed by atoms with Crippen molar-refractivity contribution in [3.8, 4) is 5.82 Å². The number of para-hydroxylation sites is 1. The standard InChI is InChI=1S/C16H14F3N7O2/c17-16(18,19)11-3-1-2-4-12(11)23-15(28)21-7-8-25-14(27)6-5-13(24-25)26-10-20-9-22-26/h1-6,9-10H,7-8H2,(H2,21,23,28). The molecule has 0 aliphatic rings. The van der Waals surface area contributed by atoms with Crippen LogP contribution in [0.2, 0.25) is 0 Å². The van der Waals surface area contributed by atoms with E-state index in [1.165, 1.54) is 41.6 Å². The number of carbonyl (C=O) groups excluding carboxylic acids is 1. The molecule has 0 saturated carbocycles. The van der Waals surface area contributed by atoms with Gasteiger partial charge in [0.15, 0.2) is 5.82 Å². The summed E-state index contributed by atoms with van der Waals surface area (Å²) < 4.78 is 41.3. The molecule has 0 fully saturated rings. The summed E-state index contributed by atoms with van der Waals surface area (Å²) in [6.45, 7) is -0.0244. The van der Waals surface area contributed by atoms with Gasteiger partial charge in [-0.2, -0.15) is 18.3 Å². The maximum Gasteiger partial charge on any atom is 0.418 e. The van der Waals surface area contributed by atoms with Gasteiger partial charge in [-0.25, -0.2) is 19.1 Å². The number of alkyl halides is 3. The van der Waals surface area contributed by atoms with E-state index in [4.69, 9.17) is 0 Å². The molecule has 0 aliphatic heterocycles. The van der Waals surface area contributed by atoms with Gasteiger partial charge < -0.3 is 10.6 Å². The molecule has 2 aromatic heterocycles. The minimum absolute atomic E-state index is 0.00963. The molecule has 28 heavy (non-hydrogen) atoms. The number of halogens is 3. The van der Waals surface area contributed by atoms with Crippen LogP contribution in [0.25, 0.3) is 5.82 Å². The Labute approximate surface area is 155 Å². The first kappa shape index (κ1) is 19.1. The van der Waals surface area contributed by atoms with E-state index in [2.05, 4.69) is 25.8 Å². The normalized spacial score (nSPS) is 11.2. The Bertz CT molecular complexity index is 1020. The highest BCUT2D eigenvalue weighted by atomic mass is 19.4. The molecule has 3 aromatic rings. The van der Waals surface area contributed by atoms with Gasteiger partial charge in [-0.1, -0.05) is 12.1 Å². The highest BCUT2D eigenvalue weighted by Crippen LogP contribution is 2.34. The fraction of sp³-hybridized carbons (Fsp3) is 0.188. The Morgan fingerprint density at radius 2 is 1.93 bits per heavy atom. The lowest BCUT2D eigenvalue weighted by atomic mass is 10.1. The highest BCUT2D eigenvalue weighted by Gasteiger charge is 2.33. The molecule has 0 unspecified atom stereocenters. The lowest BCUT2D eigenvalue weighted by Gasteiger charge is -2.14. The van der Waals surface area contributed by atoms with Crippen LogP contribution in [0, 0.1) is 0 Å². The first-order valence-electron chi connectivity index (χ1n) is 7.99. The van der Waals surface area contributed by atoms with Gasteiger partial charge in [-0.15, -0.1) is 5.10 Å². The molecule has 0 radical (unpaired) electrons. The third-order valence-corrected chi connectivity index (χ3v) is 3.60. The fourth-order valence-electron chi connectivity index (χ4n) is 2.33. The monoisotopic (exact) mass is 393 g/mol. The van der Waals surface area contributed by atoms with Gasteiger partial charge in [-0.3, -0.25) is 4.79 Å². The maximum atomic E-state index is 12.9. The minimum atomic E-state index is -4.59. The summed E-state index contributed by atoms with van der Waals surface area (Å²) in [6.07, 6.45) is -1.88. The second kappa shape index (κ2) is 7.90. The number of hydrogen-bond acceptors (Lipinski definition) is 5. The van der Waals surface area contributed by atoms with Crippen LogP contribution in [0.1, 0.15) is 5.56 Å². The summed E-state index contributed by atoms with van der Waals surface area (Å²) >= 11 is 0. The molecule has 9 nitrogen and oxygen atoms in total. The SMILES string of the molecule is O=C(NCCn1nc(-n2cncn2)ccc1=O)Nc1ccccc1C(F)(F)F. The molecule has 146 valence electrons. The minimum Gasteiger partial charge on any atom is -0.336 e. The second-order valence-corrected chi connectivity index (χ2v) is 5.52. The van der Waals surface area contributed by atoms with E-state index in [1.807, 2.05) is 0 Å². The summed E-state index contributed by atoms with van der Waals surface area (Å²) in [7, 11) is 0. The molecule has 0 saturated heterocycles. The summed E-state index contributed by atoms with van der Waals surface area (Å²) in [4.78, 5) is 27.5. The third kappa shape index (κ3) is 4.52. The molecule has 1 aromatic carbocycles. The number of urea groups is 1. The predicted molar refractivity (Wildman–Crippen MR) is 91.9 cm³/mol. The number of amides is 2. The number of nitrogens with one attached hydrogen (secondary N) is 2. The van der Waals surface area contributed by atoms with Crippen LogP contribution < -0.4 is 16.2 Å². The number of benzene rings is 1. The first-order valence-corrected chi connectivity index (χ1v) is 7.99. The summed E-state index contributed by atoms with van der Waals surface area (Å²) in [5, 5.41) is 12.5. The fourth-order valence-corrected chi connectivity index (χ4v) is 2.33. The zero-order valence-electron chi connectivity index (χ0n) is 14.2. The largest absolute Gasteiger partial charge is 0.418 e. The summed E-state index contributed by atoms with van der Waals surface area (Å²) in [5.41, 5.74) is -1.73. The van der Waals surface area contributed by atoms with Crippen LogP contribution in [0.3, 0.4) is 0 Å². The molecule has 0 spiro atoms. The van der Waals surface area contributed by atoms with E-state index in [0.29, 0.717) is 5.82 Å².